The van der Waals surface area contributed by atoms with Crippen molar-refractivity contribution in [2.45, 2.75) is 32.9 Å². The van der Waals surface area contributed by atoms with Crippen LogP contribution in [0.3, 0.4) is 0 Å². The number of ether oxygens (including phenoxy) is 1. The topological polar surface area (TPSA) is 58.6 Å². The van der Waals surface area contributed by atoms with Gasteiger partial charge in [0, 0.05) is 6.04 Å². The lowest BCUT2D eigenvalue weighted by Gasteiger charge is -2.16. The van der Waals surface area contributed by atoms with Crippen LogP contribution in [0.1, 0.15) is 20.8 Å². The summed E-state index contributed by atoms with van der Waals surface area (Å²) in [6, 6.07) is -0.434. The molecule has 0 rings (SSSR count). The number of nitrogens with one attached hydrogen (secondary N) is 1. The van der Waals surface area contributed by atoms with Gasteiger partial charge in [-0.05, 0) is 20.8 Å². The van der Waals surface area contributed by atoms with Gasteiger partial charge in [0.1, 0.15) is 6.04 Å². The van der Waals surface area contributed by atoms with Crippen LogP contribution in [0, 0.1) is 0 Å². The molecule has 12 heavy (non-hydrogen) atoms. The number of carbonyl (C=O) groups is 1. The lowest BCUT2D eigenvalue weighted by molar-refractivity contribution is -0.145. The average Bonchev–Trinajstić information content (AvgIpc) is 2.04. The molecule has 0 aromatic rings. The van der Waals surface area contributed by atoms with E-state index in [9.17, 15) is 4.79 Å². The van der Waals surface area contributed by atoms with E-state index in [4.69, 9.17) is 9.84 Å². The van der Waals surface area contributed by atoms with Gasteiger partial charge in [-0.25, -0.2) is 0 Å². The number of hydrogen-bond acceptors (Lipinski definition) is 4. The Balaban J connectivity index is 3.70. The lowest BCUT2D eigenvalue weighted by atomic mass is 10.3. The van der Waals surface area contributed by atoms with E-state index in [0.717, 1.165) is 0 Å². The molecule has 0 bridgehead atoms. The number of aliphatic hydroxyl groups is 1. The highest BCUT2D eigenvalue weighted by Gasteiger charge is 2.14. The molecule has 0 aliphatic rings. The third-order valence-electron chi connectivity index (χ3n) is 1.45. The molecule has 0 spiro atoms. The number of esters is 1. The predicted octanol–water partition coefficient (Wildman–Crippen LogP) is -0.0916. The van der Waals surface area contributed by atoms with E-state index >= 15 is 0 Å². The zero-order valence-electron chi connectivity index (χ0n) is 7.83. The van der Waals surface area contributed by atoms with Crippen LogP contribution in [-0.4, -0.2) is 36.4 Å². The van der Waals surface area contributed by atoms with E-state index < -0.39 is 0 Å². The van der Waals surface area contributed by atoms with Gasteiger partial charge in [0.25, 0.3) is 0 Å². The highest BCUT2D eigenvalue weighted by molar-refractivity contribution is 5.75. The monoisotopic (exact) mass is 175 g/mol. The molecule has 2 unspecified atom stereocenters. The maximum Gasteiger partial charge on any atom is 0.322 e. The minimum absolute atomic E-state index is 0.0176. The molecule has 0 heterocycles. The first-order chi connectivity index (χ1) is 5.61. The molecule has 72 valence electrons. The van der Waals surface area contributed by atoms with Gasteiger partial charge in [0.05, 0.1) is 13.2 Å². The molecule has 0 amide bonds. The van der Waals surface area contributed by atoms with Crippen molar-refractivity contribution in [1.82, 2.24) is 5.32 Å². The molecular weight excluding hydrogens is 158 g/mol. The van der Waals surface area contributed by atoms with Gasteiger partial charge in [-0.1, -0.05) is 0 Å². The quantitative estimate of drug-likeness (QED) is 0.573. The van der Waals surface area contributed by atoms with Gasteiger partial charge in [-0.2, -0.15) is 0 Å². The Labute approximate surface area is 72.9 Å². The summed E-state index contributed by atoms with van der Waals surface area (Å²) in [5.74, 6) is -0.280. The fourth-order valence-electron chi connectivity index (χ4n) is 0.815. The van der Waals surface area contributed by atoms with Gasteiger partial charge in [-0.15, -0.1) is 0 Å². The largest absolute Gasteiger partial charge is 0.465 e. The van der Waals surface area contributed by atoms with Gasteiger partial charge in [0.2, 0.25) is 0 Å². The molecule has 0 saturated carbocycles. The molecule has 0 aromatic heterocycles. The molecule has 0 saturated heterocycles. The highest BCUT2D eigenvalue weighted by atomic mass is 16.5. The molecule has 2 atom stereocenters. The summed E-state index contributed by atoms with van der Waals surface area (Å²) in [5, 5.41) is 11.6. The summed E-state index contributed by atoms with van der Waals surface area (Å²) in [5.41, 5.74) is 0. The molecule has 0 fully saturated rings. The summed E-state index contributed by atoms with van der Waals surface area (Å²) in [6.45, 7) is 5.68. The molecule has 2 N–H and O–H groups in total. The summed E-state index contributed by atoms with van der Waals surface area (Å²) in [6.07, 6.45) is 0. The predicted molar refractivity (Wildman–Crippen MR) is 45.8 cm³/mol. The van der Waals surface area contributed by atoms with Gasteiger partial charge >= 0.3 is 5.97 Å². The Hall–Kier alpha value is -0.610. The van der Waals surface area contributed by atoms with Crippen molar-refractivity contribution < 1.29 is 14.6 Å². The summed E-state index contributed by atoms with van der Waals surface area (Å²) in [4.78, 5) is 11.0. The first kappa shape index (κ1) is 11.4. The number of aliphatic hydroxyl groups excluding tert-OH is 1. The number of rotatable bonds is 5. The Morgan fingerprint density at radius 3 is 2.58 bits per heavy atom. The van der Waals surface area contributed by atoms with E-state index in [-0.39, 0.29) is 24.7 Å². The van der Waals surface area contributed by atoms with Crippen LogP contribution in [0.15, 0.2) is 0 Å². The van der Waals surface area contributed by atoms with Crippen molar-refractivity contribution in [3.05, 3.63) is 0 Å². The summed E-state index contributed by atoms with van der Waals surface area (Å²) >= 11 is 0. The van der Waals surface area contributed by atoms with Crippen molar-refractivity contribution >= 4 is 5.97 Å². The Morgan fingerprint density at radius 2 is 2.17 bits per heavy atom. The molecule has 0 radical (unpaired) electrons. The second-order valence-corrected chi connectivity index (χ2v) is 2.72. The second-order valence-electron chi connectivity index (χ2n) is 2.72. The summed E-state index contributed by atoms with van der Waals surface area (Å²) in [7, 11) is 0. The molecule has 4 heteroatoms. The normalized spacial score (nSPS) is 15.3. The number of carbonyl (C=O) groups excluding carboxylic acids is 1. The smallest absolute Gasteiger partial charge is 0.322 e. The zero-order valence-corrected chi connectivity index (χ0v) is 7.83. The molecule has 0 aliphatic heterocycles. The minimum Gasteiger partial charge on any atom is -0.465 e. The van der Waals surface area contributed by atoms with Gasteiger partial charge in [0.15, 0.2) is 0 Å². The maximum absolute atomic E-state index is 11.0. The van der Waals surface area contributed by atoms with Crippen molar-refractivity contribution in [3.63, 3.8) is 0 Å². The van der Waals surface area contributed by atoms with Crippen LogP contribution in [0.5, 0.6) is 0 Å². The third-order valence-corrected chi connectivity index (χ3v) is 1.45. The summed E-state index contributed by atoms with van der Waals surface area (Å²) < 4.78 is 4.77. The van der Waals surface area contributed by atoms with E-state index in [0.29, 0.717) is 6.61 Å². The van der Waals surface area contributed by atoms with Crippen molar-refractivity contribution in [2.75, 3.05) is 13.2 Å². The fraction of sp³-hybridized carbons (Fsp3) is 0.875. The second kappa shape index (κ2) is 5.97. The SMILES string of the molecule is CCOC(=O)C(C)NC(C)CO. The van der Waals surface area contributed by atoms with E-state index in [1.165, 1.54) is 0 Å². The molecule has 0 aliphatic carbocycles. The Bertz CT molecular complexity index is 138. The lowest BCUT2D eigenvalue weighted by Crippen LogP contribution is -2.42. The Morgan fingerprint density at radius 1 is 1.58 bits per heavy atom. The average molecular weight is 175 g/mol. The fourth-order valence-corrected chi connectivity index (χ4v) is 0.815. The molecule has 4 nitrogen and oxygen atoms in total. The van der Waals surface area contributed by atoms with Gasteiger partial charge in [-0.3, -0.25) is 10.1 Å². The molecule has 0 aromatic carbocycles. The van der Waals surface area contributed by atoms with E-state index in [2.05, 4.69) is 5.32 Å². The maximum atomic E-state index is 11.0. The zero-order chi connectivity index (χ0) is 9.56. The first-order valence-corrected chi connectivity index (χ1v) is 4.15. The van der Waals surface area contributed by atoms with Crippen LogP contribution in [0.2, 0.25) is 0 Å². The van der Waals surface area contributed by atoms with E-state index in [1.807, 2.05) is 0 Å². The number of hydrogen-bond donors (Lipinski definition) is 2. The van der Waals surface area contributed by atoms with Crippen LogP contribution < -0.4 is 5.32 Å². The van der Waals surface area contributed by atoms with Crippen molar-refractivity contribution in [1.29, 1.82) is 0 Å². The van der Waals surface area contributed by atoms with Crippen LogP contribution in [-0.2, 0) is 9.53 Å². The van der Waals surface area contributed by atoms with Crippen LogP contribution >= 0.6 is 0 Å². The van der Waals surface area contributed by atoms with Crippen molar-refractivity contribution in [3.8, 4) is 0 Å². The van der Waals surface area contributed by atoms with Gasteiger partial charge < -0.3 is 9.84 Å². The third kappa shape index (κ3) is 4.31. The minimum atomic E-state index is -0.355. The van der Waals surface area contributed by atoms with Crippen molar-refractivity contribution in [2.24, 2.45) is 0 Å². The van der Waals surface area contributed by atoms with E-state index in [1.54, 1.807) is 20.8 Å². The Kier molecular flexibility index (Phi) is 5.66. The standard InChI is InChI=1S/C8H17NO3/c1-4-12-8(11)7(3)9-6(2)5-10/h6-7,9-10H,4-5H2,1-3H3. The molecular formula is C8H17NO3. The highest BCUT2D eigenvalue weighted by Crippen LogP contribution is 1.90. The van der Waals surface area contributed by atoms with Crippen LogP contribution in [0.4, 0.5) is 0 Å². The first-order valence-electron chi connectivity index (χ1n) is 4.15. The van der Waals surface area contributed by atoms with Crippen LogP contribution in [0.25, 0.3) is 0 Å².